The summed E-state index contributed by atoms with van der Waals surface area (Å²) in [5.74, 6) is -4.33. The number of fused-ring (bicyclic) bond motifs is 1. The lowest BCUT2D eigenvalue weighted by atomic mass is 10.2. The number of rotatable bonds is 6. The van der Waals surface area contributed by atoms with Gasteiger partial charge in [0, 0.05) is 51.3 Å². The first-order valence-electron chi connectivity index (χ1n) is 11.1. The fraction of sp³-hybridized carbons (Fsp3) is 0.391. The third-order valence-corrected chi connectivity index (χ3v) is 5.74. The van der Waals surface area contributed by atoms with Gasteiger partial charge < -0.3 is 14.8 Å². The van der Waals surface area contributed by atoms with Crippen LogP contribution in [0.2, 0.25) is 0 Å². The van der Waals surface area contributed by atoms with Gasteiger partial charge in [-0.2, -0.15) is 37.7 Å². The average molecular weight is 582 g/mol. The Kier molecular flexibility index (Phi) is 11.4. The quantitative estimate of drug-likeness (QED) is 0.416. The number of hydrogen-bond donors (Lipinski definition) is 2. The number of pyridine rings is 1. The minimum absolute atomic E-state index is 0.861. The Hall–Kier alpha value is -3.50. The summed E-state index contributed by atoms with van der Waals surface area (Å²) in [6.45, 7) is 5.82. The zero-order valence-electron chi connectivity index (χ0n) is 20.5. The summed E-state index contributed by atoms with van der Waals surface area (Å²) < 4.78 is 65.8. The van der Waals surface area contributed by atoms with Crippen LogP contribution < -0.4 is 0 Å². The number of aliphatic carboxylic acids is 2. The highest BCUT2D eigenvalue weighted by molar-refractivity contribution is 7.07. The first-order chi connectivity index (χ1) is 18.1. The largest absolute Gasteiger partial charge is 0.490 e. The maximum atomic E-state index is 10.6. The van der Waals surface area contributed by atoms with Crippen LogP contribution in [0.15, 0.2) is 47.5 Å². The Morgan fingerprint density at radius 2 is 1.67 bits per heavy atom. The monoisotopic (exact) mass is 581 g/mol. The third-order valence-electron chi connectivity index (χ3n) is 5.01. The molecule has 0 amide bonds. The molecule has 214 valence electrons. The molecule has 3 aromatic heterocycles. The van der Waals surface area contributed by atoms with Crippen LogP contribution >= 0.6 is 11.3 Å². The standard InChI is InChI=1S/C19H23N5S.2C2HF3O2/c1-22(10-16-3-2-5-20-9-16)12-18-13-24-7-6-23(14-19(24)21-18)11-17-4-8-25-15-17;2*3-2(4,5)1(6)7/h2-5,8-9,13,15H,6-7,10-12,14H2,1H3;2*(H,6,7). The van der Waals surface area contributed by atoms with E-state index >= 15 is 0 Å². The molecule has 0 fully saturated rings. The summed E-state index contributed by atoms with van der Waals surface area (Å²) in [6, 6.07) is 6.31. The number of thiophene rings is 1. The van der Waals surface area contributed by atoms with E-state index in [1.54, 1.807) is 11.3 Å². The van der Waals surface area contributed by atoms with Crippen LogP contribution in [0.3, 0.4) is 0 Å². The van der Waals surface area contributed by atoms with E-state index in [-0.39, 0.29) is 0 Å². The molecule has 0 atom stereocenters. The molecule has 0 unspecified atom stereocenters. The normalized spacial score (nSPS) is 13.5. The van der Waals surface area contributed by atoms with Gasteiger partial charge in [-0.3, -0.25) is 14.8 Å². The smallest absolute Gasteiger partial charge is 0.475 e. The molecule has 0 bridgehead atoms. The molecule has 0 radical (unpaired) electrons. The van der Waals surface area contributed by atoms with Gasteiger partial charge >= 0.3 is 24.3 Å². The Bertz CT molecular complexity index is 1160. The first kappa shape index (κ1) is 31.7. The number of nitrogens with zero attached hydrogens (tertiary/aromatic N) is 5. The van der Waals surface area contributed by atoms with Gasteiger partial charge in [0.1, 0.15) is 5.82 Å². The van der Waals surface area contributed by atoms with Gasteiger partial charge in [-0.05, 0) is 41.1 Å². The van der Waals surface area contributed by atoms with E-state index in [4.69, 9.17) is 24.8 Å². The number of aromatic nitrogens is 3. The second kappa shape index (κ2) is 14.0. The molecule has 16 heteroatoms. The highest BCUT2D eigenvalue weighted by Gasteiger charge is 2.38. The number of carboxylic acid groups (broad SMARTS) is 2. The summed E-state index contributed by atoms with van der Waals surface area (Å²) in [5.41, 5.74) is 3.79. The summed E-state index contributed by atoms with van der Waals surface area (Å²) in [5, 5.41) is 18.6. The summed E-state index contributed by atoms with van der Waals surface area (Å²) in [7, 11) is 2.13. The second-order valence-electron chi connectivity index (χ2n) is 8.32. The molecule has 4 heterocycles. The van der Waals surface area contributed by atoms with Crippen molar-refractivity contribution in [3.05, 3.63) is 70.2 Å². The molecule has 1 aliphatic rings. The molecule has 1 aliphatic heterocycles. The summed E-state index contributed by atoms with van der Waals surface area (Å²) >= 11 is 1.77. The molecule has 3 aromatic rings. The number of halogens is 6. The van der Waals surface area contributed by atoms with Crippen LogP contribution in [0, 0.1) is 0 Å². The van der Waals surface area contributed by atoms with Crippen molar-refractivity contribution in [1.82, 2.24) is 24.3 Å². The van der Waals surface area contributed by atoms with Gasteiger partial charge in [0.05, 0.1) is 12.2 Å². The zero-order valence-corrected chi connectivity index (χ0v) is 21.3. The van der Waals surface area contributed by atoms with Crippen LogP contribution in [-0.4, -0.2) is 72.4 Å². The second-order valence-corrected chi connectivity index (χ2v) is 9.10. The van der Waals surface area contributed by atoms with Crippen molar-refractivity contribution in [3.63, 3.8) is 0 Å². The summed E-state index contributed by atoms with van der Waals surface area (Å²) in [4.78, 5) is 31.6. The number of hydrogen-bond acceptors (Lipinski definition) is 7. The van der Waals surface area contributed by atoms with E-state index in [1.807, 2.05) is 18.5 Å². The average Bonchev–Trinajstić information content (AvgIpc) is 3.48. The maximum absolute atomic E-state index is 10.6. The van der Waals surface area contributed by atoms with Gasteiger partial charge in [0.2, 0.25) is 0 Å². The first-order valence-corrected chi connectivity index (χ1v) is 12.1. The van der Waals surface area contributed by atoms with Gasteiger partial charge in [0.15, 0.2) is 0 Å². The lowest BCUT2D eigenvalue weighted by Crippen LogP contribution is -2.33. The van der Waals surface area contributed by atoms with Crippen LogP contribution in [0.25, 0.3) is 0 Å². The molecule has 0 aliphatic carbocycles. The van der Waals surface area contributed by atoms with E-state index in [2.05, 4.69) is 55.5 Å². The zero-order chi connectivity index (χ0) is 29.2. The van der Waals surface area contributed by atoms with Crippen LogP contribution in [0.4, 0.5) is 26.3 Å². The summed E-state index contributed by atoms with van der Waals surface area (Å²) in [6.07, 6.45) is -4.21. The predicted octanol–water partition coefficient (Wildman–Crippen LogP) is 4.25. The van der Waals surface area contributed by atoms with Crippen molar-refractivity contribution in [3.8, 4) is 0 Å². The molecule has 0 spiro atoms. The van der Waals surface area contributed by atoms with Gasteiger partial charge in [0.25, 0.3) is 0 Å². The van der Waals surface area contributed by atoms with E-state index in [1.165, 1.54) is 17.0 Å². The fourth-order valence-corrected chi connectivity index (χ4v) is 4.01. The Morgan fingerprint density at radius 1 is 1.03 bits per heavy atom. The predicted molar refractivity (Wildman–Crippen MR) is 127 cm³/mol. The molecule has 4 rings (SSSR count). The molecule has 9 nitrogen and oxygen atoms in total. The van der Waals surface area contributed by atoms with Crippen molar-refractivity contribution < 1.29 is 46.1 Å². The van der Waals surface area contributed by atoms with E-state index < -0.39 is 24.3 Å². The van der Waals surface area contributed by atoms with Crippen LogP contribution in [0.1, 0.15) is 22.6 Å². The molecule has 39 heavy (non-hydrogen) atoms. The highest BCUT2D eigenvalue weighted by Crippen LogP contribution is 2.18. The lowest BCUT2D eigenvalue weighted by molar-refractivity contribution is -0.193. The number of carbonyl (C=O) groups is 2. The van der Waals surface area contributed by atoms with Crippen molar-refractivity contribution in [2.75, 3.05) is 13.6 Å². The fourth-order valence-electron chi connectivity index (χ4n) is 3.35. The minimum Gasteiger partial charge on any atom is -0.475 e. The van der Waals surface area contributed by atoms with Crippen molar-refractivity contribution in [2.45, 2.75) is 45.1 Å². The molecule has 0 aromatic carbocycles. The van der Waals surface area contributed by atoms with Crippen LogP contribution in [0.5, 0.6) is 0 Å². The maximum Gasteiger partial charge on any atom is 0.490 e. The molecular weight excluding hydrogens is 556 g/mol. The lowest BCUT2D eigenvalue weighted by Gasteiger charge is -2.27. The number of alkyl halides is 6. The van der Waals surface area contributed by atoms with Gasteiger partial charge in [-0.15, -0.1) is 0 Å². The molecule has 0 saturated carbocycles. The Morgan fingerprint density at radius 3 is 2.18 bits per heavy atom. The number of carboxylic acids is 2. The Labute approximate surface area is 222 Å². The van der Waals surface area contributed by atoms with E-state index in [0.29, 0.717) is 0 Å². The minimum atomic E-state index is -5.08. The van der Waals surface area contributed by atoms with Gasteiger partial charge in [-0.1, -0.05) is 6.07 Å². The molecular formula is C23H25F6N5O4S. The topological polar surface area (TPSA) is 112 Å². The van der Waals surface area contributed by atoms with Crippen molar-refractivity contribution >= 4 is 23.3 Å². The van der Waals surface area contributed by atoms with E-state index in [0.717, 1.165) is 45.0 Å². The van der Waals surface area contributed by atoms with Crippen molar-refractivity contribution in [1.29, 1.82) is 0 Å². The third kappa shape index (κ3) is 11.4. The molecule has 2 N–H and O–H groups in total. The van der Waals surface area contributed by atoms with E-state index in [9.17, 15) is 26.3 Å². The van der Waals surface area contributed by atoms with Crippen LogP contribution in [-0.2, 0) is 42.3 Å². The van der Waals surface area contributed by atoms with Gasteiger partial charge in [-0.25, -0.2) is 14.6 Å². The number of imidazole rings is 1. The Balaban J connectivity index is 0.000000317. The molecule has 0 saturated heterocycles. The van der Waals surface area contributed by atoms with Crippen molar-refractivity contribution in [2.24, 2.45) is 0 Å². The SMILES string of the molecule is CN(Cc1cccnc1)Cc1cn2c(n1)CN(Cc1ccsc1)CC2.O=C(O)C(F)(F)F.O=C(O)C(F)(F)F. The highest BCUT2D eigenvalue weighted by atomic mass is 32.1.